The molecule has 0 N–H and O–H groups in total. The Hall–Kier alpha value is -1.47. The van der Waals surface area contributed by atoms with Gasteiger partial charge in [-0.1, -0.05) is 0 Å². The number of rotatable bonds is 2. The first-order valence-corrected chi connectivity index (χ1v) is 8.38. The highest BCUT2D eigenvalue weighted by molar-refractivity contribution is 7.90. The van der Waals surface area contributed by atoms with Crippen molar-refractivity contribution in [2.75, 3.05) is 6.54 Å². The maximum absolute atomic E-state index is 12.3. The summed E-state index contributed by atoms with van der Waals surface area (Å²) < 4.78 is 28.1. The molecule has 20 heavy (non-hydrogen) atoms. The van der Waals surface area contributed by atoms with Crippen LogP contribution in [-0.2, 0) is 23.0 Å². The average molecular weight is 292 g/mol. The van der Waals surface area contributed by atoms with Crippen LogP contribution < -0.4 is 0 Å². The molecule has 1 saturated carbocycles. The van der Waals surface area contributed by atoms with E-state index in [-0.39, 0.29) is 5.25 Å². The number of aromatic nitrogens is 3. The average Bonchev–Trinajstić information content (AvgIpc) is 3.20. The third-order valence-corrected chi connectivity index (χ3v) is 6.39. The van der Waals surface area contributed by atoms with Crippen LogP contribution in [0.2, 0.25) is 0 Å². The second-order valence-electron chi connectivity index (χ2n) is 5.61. The zero-order chi connectivity index (χ0) is 13.9. The minimum Gasteiger partial charge on any atom is -0.237 e. The van der Waals surface area contributed by atoms with Crippen molar-refractivity contribution in [1.29, 1.82) is 0 Å². The fourth-order valence-corrected chi connectivity index (χ4v) is 4.64. The van der Waals surface area contributed by atoms with E-state index in [0.29, 0.717) is 19.5 Å². The van der Waals surface area contributed by atoms with E-state index in [1.165, 1.54) is 0 Å². The van der Waals surface area contributed by atoms with Crippen LogP contribution in [0.4, 0.5) is 0 Å². The van der Waals surface area contributed by atoms with Gasteiger partial charge >= 0.3 is 0 Å². The summed E-state index contributed by atoms with van der Waals surface area (Å²) in [4.78, 5) is 4.37. The minimum absolute atomic E-state index is 0.146. The summed E-state index contributed by atoms with van der Waals surface area (Å²) in [6.45, 7) is 2.91. The molecule has 2 aliphatic rings. The first kappa shape index (κ1) is 12.3. The smallest absolute Gasteiger partial charge is 0.217 e. The van der Waals surface area contributed by atoms with Crippen molar-refractivity contribution in [3.63, 3.8) is 0 Å². The molecule has 0 radical (unpaired) electrons. The Morgan fingerprint density at radius 1 is 1.35 bits per heavy atom. The Labute approximate surface area is 117 Å². The topological polar surface area (TPSA) is 67.6 Å². The van der Waals surface area contributed by atoms with E-state index in [4.69, 9.17) is 0 Å². The number of hydrogen-bond acceptors (Lipinski definition) is 4. The van der Waals surface area contributed by atoms with Crippen LogP contribution in [-0.4, -0.2) is 39.1 Å². The van der Waals surface area contributed by atoms with Crippen molar-refractivity contribution in [2.45, 2.75) is 38.0 Å². The van der Waals surface area contributed by atoms with E-state index < -0.39 is 10.0 Å². The van der Waals surface area contributed by atoms with Crippen LogP contribution in [0.5, 0.6) is 0 Å². The SMILES string of the molecule is Cc1cc2ncc3c(n2n1)CCN(S(=O)(=O)C1CC1)C3. The van der Waals surface area contributed by atoms with Crippen LogP contribution in [0.3, 0.4) is 0 Å². The maximum atomic E-state index is 12.3. The fourth-order valence-electron chi connectivity index (χ4n) is 2.82. The highest BCUT2D eigenvalue weighted by atomic mass is 32.2. The lowest BCUT2D eigenvalue weighted by atomic mass is 10.1. The van der Waals surface area contributed by atoms with E-state index in [1.807, 2.05) is 17.5 Å². The molecule has 1 aliphatic heterocycles. The van der Waals surface area contributed by atoms with Crippen LogP contribution in [0.15, 0.2) is 12.3 Å². The number of nitrogens with zero attached hydrogens (tertiary/aromatic N) is 4. The Morgan fingerprint density at radius 3 is 2.90 bits per heavy atom. The zero-order valence-corrected chi connectivity index (χ0v) is 12.1. The van der Waals surface area contributed by atoms with Crippen LogP contribution in [0.1, 0.15) is 29.8 Å². The van der Waals surface area contributed by atoms with Gasteiger partial charge in [-0.25, -0.2) is 17.9 Å². The van der Waals surface area contributed by atoms with Gasteiger partial charge < -0.3 is 0 Å². The molecule has 4 rings (SSSR count). The van der Waals surface area contributed by atoms with Crippen molar-refractivity contribution in [3.8, 4) is 0 Å². The summed E-state index contributed by atoms with van der Waals surface area (Å²) in [5.41, 5.74) is 3.82. The second kappa shape index (κ2) is 4.02. The van der Waals surface area contributed by atoms with E-state index in [0.717, 1.165) is 35.4 Å². The first-order chi connectivity index (χ1) is 9.55. The van der Waals surface area contributed by atoms with Gasteiger partial charge in [0.1, 0.15) is 0 Å². The van der Waals surface area contributed by atoms with E-state index in [2.05, 4.69) is 10.1 Å². The third-order valence-electron chi connectivity index (χ3n) is 4.04. The van der Waals surface area contributed by atoms with Crippen LogP contribution >= 0.6 is 0 Å². The second-order valence-corrected chi connectivity index (χ2v) is 7.83. The van der Waals surface area contributed by atoms with Gasteiger partial charge in [0.05, 0.1) is 16.6 Å². The van der Waals surface area contributed by atoms with Crippen molar-refractivity contribution in [3.05, 3.63) is 29.2 Å². The van der Waals surface area contributed by atoms with E-state index in [9.17, 15) is 8.42 Å². The lowest BCUT2D eigenvalue weighted by molar-refractivity contribution is 0.383. The molecule has 0 spiro atoms. The van der Waals surface area contributed by atoms with E-state index in [1.54, 1.807) is 10.5 Å². The third kappa shape index (κ3) is 1.76. The monoisotopic (exact) mass is 292 g/mol. The van der Waals surface area contributed by atoms with Gasteiger partial charge in [-0.15, -0.1) is 0 Å². The van der Waals surface area contributed by atoms with Crippen molar-refractivity contribution in [2.24, 2.45) is 0 Å². The van der Waals surface area contributed by atoms with Crippen molar-refractivity contribution in [1.82, 2.24) is 18.9 Å². The molecular weight excluding hydrogens is 276 g/mol. The van der Waals surface area contributed by atoms with Gasteiger partial charge in [0.15, 0.2) is 5.65 Å². The molecule has 0 amide bonds. The molecule has 2 aromatic rings. The first-order valence-electron chi connectivity index (χ1n) is 6.88. The lowest BCUT2D eigenvalue weighted by Crippen LogP contribution is -2.38. The van der Waals surface area contributed by atoms with E-state index >= 15 is 0 Å². The summed E-state index contributed by atoms with van der Waals surface area (Å²) in [5, 5.41) is 4.30. The minimum atomic E-state index is -3.10. The van der Waals surface area contributed by atoms with Gasteiger partial charge in [0.25, 0.3) is 0 Å². The molecule has 0 bridgehead atoms. The molecule has 0 aromatic carbocycles. The molecule has 0 atom stereocenters. The summed E-state index contributed by atoms with van der Waals surface area (Å²) in [7, 11) is -3.10. The highest BCUT2D eigenvalue weighted by Crippen LogP contribution is 2.33. The fraction of sp³-hybridized carbons (Fsp3) is 0.538. The summed E-state index contributed by atoms with van der Waals surface area (Å²) in [6, 6.07) is 1.94. The van der Waals surface area contributed by atoms with Crippen molar-refractivity contribution < 1.29 is 8.42 Å². The molecule has 6 nitrogen and oxygen atoms in total. The summed E-state index contributed by atoms with van der Waals surface area (Å²) >= 11 is 0. The Balaban J connectivity index is 1.75. The summed E-state index contributed by atoms with van der Waals surface area (Å²) in [6.07, 6.45) is 4.10. The Kier molecular flexibility index (Phi) is 2.47. The molecule has 1 fully saturated rings. The van der Waals surface area contributed by atoms with Crippen LogP contribution in [0, 0.1) is 6.92 Å². The number of sulfonamides is 1. The number of hydrogen-bond donors (Lipinski definition) is 0. The highest BCUT2D eigenvalue weighted by Gasteiger charge is 2.41. The molecular formula is C13H16N4O2S. The number of aryl methyl sites for hydroxylation is 1. The molecule has 0 unspecified atom stereocenters. The predicted octanol–water partition coefficient (Wildman–Crippen LogP) is 0.888. The normalized spacial score (nSPS) is 20.2. The molecule has 106 valence electrons. The molecule has 1 aliphatic carbocycles. The van der Waals surface area contributed by atoms with Gasteiger partial charge in [-0.3, -0.25) is 0 Å². The number of fused-ring (bicyclic) bond motifs is 3. The predicted molar refractivity (Wildman–Crippen MR) is 73.8 cm³/mol. The molecule has 0 saturated heterocycles. The Morgan fingerprint density at radius 2 is 2.15 bits per heavy atom. The maximum Gasteiger partial charge on any atom is 0.217 e. The van der Waals surface area contributed by atoms with Gasteiger partial charge in [-0.05, 0) is 19.8 Å². The standard InChI is InChI=1S/C13H16N4O2S/c1-9-6-13-14-7-10-8-16(20(18,19)11-2-3-11)5-4-12(10)17(13)15-9/h6-7,11H,2-5,8H2,1H3. The Bertz CT molecular complexity index is 792. The quantitative estimate of drug-likeness (QED) is 0.824. The largest absolute Gasteiger partial charge is 0.237 e. The molecule has 3 heterocycles. The van der Waals surface area contributed by atoms with Crippen molar-refractivity contribution >= 4 is 15.7 Å². The molecule has 2 aromatic heterocycles. The molecule has 7 heteroatoms. The van der Waals surface area contributed by atoms with Gasteiger partial charge in [-0.2, -0.15) is 9.40 Å². The van der Waals surface area contributed by atoms with Gasteiger partial charge in [0.2, 0.25) is 10.0 Å². The zero-order valence-electron chi connectivity index (χ0n) is 11.3. The van der Waals surface area contributed by atoms with Crippen LogP contribution in [0.25, 0.3) is 5.65 Å². The van der Waals surface area contributed by atoms with Gasteiger partial charge in [0, 0.05) is 37.3 Å². The lowest BCUT2D eigenvalue weighted by Gasteiger charge is -2.27. The summed E-state index contributed by atoms with van der Waals surface area (Å²) in [5.74, 6) is 0.